The number of rotatable bonds is 6. The molecule has 2 aromatic carbocycles. The predicted octanol–water partition coefficient (Wildman–Crippen LogP) is 5.24. The molecule has 1 aromatic heterocycles. The van der Waals surface area contributed by atoms with Crippen molar-refractivity contribution >= 4 is 73.6 Å². The van der Waals surface area contributed by atoms with Gasteiger partial charge in [0.1, 0.15) is 0 Å². The van der Waals surface area contributed by atoms with Crippen LogP contribution in [0.25, 0.3) is 0 Å². The van der Waals surface area contributed by atoms with Crippen LogP contribution in [0.1, 0.15) is 21.7 Å². The Kier molecular flexibility index (Phi) is 8.37. The van der Waals surface area contributed by atoms with Crippen LogP contribution in [0.5, 0.6) is 0 Å². The molecular formula is C17H16Cl6N5O3Sb. The fourth-order valence-corrected chi connectivity index (χ4v) is 2.40. The predicted molar refractivity (Wildman–Crippen MR) is 129 cm³/mol. The second kappa shape index (κ2) is 9.78. The Hall–Kier alpha value is -0.862. The fourth-order valence-electron chi connectivity index (χ4n) is 2.40. The number of nitro benzene ring substituents is 1. The van der Waals surface area contributed by atoms with E-state index in [4.69, 9.17) is 53.0 Å². The maximum absolute atomic E-state index is 12.2. The topological polar surface area (TPSA) is 94.8 Å². The summed E-state index contributed by atoms with van der Waals surface area (Å²) in [7, 11) is 26.7. The Labute approximate surface area is 203 Å². The number of hydrogen-bond acceptors (Lipinski definition) is 5. The van der Waals surface area contributed by atoms with E-state index in [0.717, 1.165) is 5.56 Å². The number of nitrogens with zero attached hydrogens (tertiary/aromatic N) is 5. The molecule has 174 valence electrons. The van der Waals surface area contributed by atoms with Crippen molar-refractivity contribution < 1.29 is 14.4 Å². The number of nitro groups is 1. The van der Waals surface area contributed by atoms with Crippen molar-refractivity contribution in [3.63, 3.8) is 0 Å². The van der Waals surface area contributed by atoms with Gasteiger partial charge in [-0.2, -0.15) is 0 Å². The Morgan fingerprint density at radius 3 is 2.06 bits per heavy atom. The molecule has 0 aliphatic rings. The molecule has 0 saturated carbocycles. The molecule has 3 rings (SSSR count). The summed E-state index contributed by atoms with van der Waals surface area (Å²) in [5.74, 6) is 0.591. The fraction of sp³-hybridized carbons (Fsp3) is 0.176. The van der Waals surface area contributed by atoms with E-state index in [0.29, 0.717) is 17.8 Å². The number of carbonyl (C=O) groups is 1. The minimum atomic E-state index is -5.42. The third kappa shape index (κ3) is 11.3. The van der Waals surface area contributed by atoms with Gasteiger partial charge in [-0.3, -0.25) is 14.9 Å². The van der Waals surface area contributed by atoms with Crippen molar-refractivity contribution in [3.8, 4) is 0 Å². The molecule has 0 radical (unpaired) electrons. The van der Waals surface area contributed by atoms with E-state index in [9.17, 15) is 14.9 Å². The molecule has 3 aromatic rings. The number of aromatic nitrogens is 4. The van der Waals surface area contributed by atoms with Crippen LogP contribution >= 0.6 is 53.0 Å². The molecule has 32 heavy (non-hydrogen) atoms. The van der Waals surface area contributed by atoms with E-state index in [1.54, 1.807) is 36.0 Å². The summed E-state index contributed by atoms with van der Waals surface area (Å²) < 4.78 is 1.60. The molecule has 1 heterocycles. The SMILES string of the molecule is C[n+]1nn(CC(=O)c2ccccc2)nc1Cc1ccc([N+](=O)[O-])cc1.[Cl][Sb-]([Cl])([Cl])([Cl])([Cl])[Cl]. The van der Waals surface area contributed by atoms with Crippen LogP contribution in [0.15, 0.2) is 54.6 Å². The maximum atomic E-state index is 12.2. The number of aryl methyl sites for hydroxylation is 1. The molecule has 0 N–H and O–H groups in total. The second-order valence-electron chi connectivity index (χ2n) is 6.51. The van der Waals surface area contributed by atoms with Crippen LogP contribution in [0.2, 0.25) is 0 Å². The van der Waals surface area contributed by atoms with E-state index >= 15 is 0 Å². The molecule has 0 unspecified atom stereocenters. The molecule has 0 aliphatic heterocycles. The van der Waals surface area contributed by atoms with Crippen molar-refractivity contribution in [1.29, 1.82) is 0 Å². The van der Waals surface area contributed by atoms with Gasteiger partial charge in [0.25, 0.3) is 5.69 Å². The Balaban J connectivity index is 0.000000451. The number of carbonyl (C=O) groups excluding carboxylic acids is 1. The first-order chi connectivity index (χ1) is 14.5. The van der Waals surface area contributed by atoms with Crippen molar-refractivity contribution in [2.45, 2.75) is 13.0 Å². The first-order valence-corrected chi connectivity index (χ1v) is 28.1. The van der Waals surface area contributed by atoms with Crippen LogP contribution in [-0.4, -0.2) is 35.0 Å². The molecule has 0 spiro atoms. The summed E-state index contributed by atoms with van der Waals surface area (Å²) in [6.45, 7) is 0.0537. The van der Waals surface area contributed by atoms with E-state index in [1.165, 1.54) is 16.9 Å². The monoisotopic (exact) mass is 669 g/mol. The number of benzene rings is 2. The zero-order valence-electron chi connectivity index (χ0n) is 16.3. The molecular weight excluding hydrogens is 657 g/mol. The van der Waals surface area contributed by atoms with Crippen LogP contribution < -0.4 is 4.68 Å². The van der Waals surface area contributed by atoms with Gasteiger partial charge in [0, 0.05) is 17.7 Å². The van der Waals surface area contributed by atoms with Crippen molar-refractivity contribution in [3.05, 3.63) is 81.7 Å². The van der Waals surface area contributed by atoms with Crippen molar-refractivity contribution in [2.75, 3.05) is 0 Å². The number of non-ortho nitro benzene ring substituents is 1. The van der Waals surface area contributed by atoms with Gasteiger partial charge in [-0.15, -0.1) is 4.68 Å². The summed E-state index contributed by atoms with van der Waals surface area (Å²) in [6, 6.07) is 15.3. The Bertz CT molecular complexity index is 1110. The third-order valence-corrected chi connectivity index (χ3v) is 3.73. The summed E-state index contributed by atoms with van der Waals surface area (Å²) in [6.07, 6.45) is 0.466. The van der Waals surface area contributed by atoms with Crippen LogP contribution in [-0.2, 0) is 20.0 Å². The van der Waals surface area contributed by atoms with E-state index in [-0.39, 0.29) is 18.0 Å². The van der Waals surface area contributed by atoms with Gasteiger partial charge in [0.05, 0.1) is 28.7 Å². The molecule has 0 aliphatic carbocycles. The average molecular weight is 673 g/mol. The van der Waals surface area contributed by atoms with Crippen molar-refractivity contribution in [2.24, 2.45) is 7.05 Å². The normalized spacial score (nSPS) is 13.3. The first-order valence-electron chi connectivity index (χ1n) is 8.66. The molecule has 0 atom stereocenters. The summed E-state index contributed by atoms with van der Waals surface area (Å²) >= 11 is 0. The van der Waals surface area contributed by atoms with Crippen LogP contribution in [0.4, 0.5) is 5.69 Å². The molecule has 0 fully saturated rings. The van der Waals surface area contributed by atoms with Gasteiger partial charge >= 0.3 is 67.9 Å². The molecule has 8 nitrogen and oxygen atoms in total. The average Bonchev–Trinajstić information content (AvgIpc) is 2.99. The quantitative estimate of drug-likeness (QED) is 0.117. The van der Waals surface area contributed by atoms with E-state index in [1.807, 2.05) is 18.2 Å². The van der Waals surface area contributed by atoms with Crippen LogP contribution in [0.3, 0.4) is 0 Å². The van der Waals surface area contributed by atoms with Gasteiger partial charge < -0.3 is 0 Å². The standard InChI is InChI=1S/C17H16N5O3.6ClH.Sb/c1-20-17(11-13-7-9-15(10-8-13)22(24)25)18-21(19-20)12-16(23)14-5-3-2-4-6-14;;;;;;;/h2-10H,11-12H2,1H3;6*1H;/q+1;;;;;;;+5/p-6. The third-order valence-electron chi connectivity index (χ3n) is 3.73. The zero-order valence-corrected chi connectivity index (χ0v) is 23.4. The molecule has 0 bridgehead atoms. The van der Waals surface area contributed by atoms with Gasteiger partial charge in [0.2, 0.25) is 5.78 Å². The zero-order chi connectivity index (χ0) is 24.2. The Morgan fingerprint density at radius 1 is 1.03 bits per heavy atom. The van der Waals surface area contributed by atoms with Gasteiger partial charge in [0.15, 0.2) is 6.54 Å². The molecule has 0 amide bonds. The number of Topliss-reactive ketones (excluding diaryl/α,β-unsaturated/α-hetero) is 1. The first kappa shape index (κ1) is 27.4. The van der Waals surface area contributed by atoms with Gasteiger partial charge in [-0.1, -0.05) is 42.5 Å². The van der Waals surface area contributed by atoms with Crippen LogP contribution in [0, 0.1) is 10.1 Å². The van der Waals surface area contributed by atoms with Crippen molar-refractivity contribution in [1.82, 2.24) is 15.1 Å². The van der Waals surface area contributed by atoms with E-state index < -0.39 is 14.1 Å². The molecule has 0 saturated heterocycles. The molecule has 15 heteroatoms. The summed E-state index contributed by atoms with van der Waals surface area (Å²) in [5.41, 5.74) is 1.53. The number of halogens is 6. The minimum absolute atomic E-state index is 0.0465. The number of hydrogen-bond donors (Lipinski definition) is 0. The van der Waals surface area contributed by atoms with Gasteiger partial charge in [-0.05, 0) is 10.4 Å². The number of ketones is 1. The summed E-state index contributed by atoms with van der Waals surface area (Å²) in [4.78, 5) is 23.8. The number of tetrazole rings is 1. The Morgan fingerprint density at radius 2 is 1.56 bits per heavy atom. The summed E-state index contributed by atoms with van der Waals surface area (Å²) in [5, 5.41) is 19.2. The second-order valence-corrected chi connectivity index (χ2v) is 63.4. The van der Waals surface area contributed by atoms with E-state index in [2.05, 4.69) is 10.3 Å². The van der Waals surface area contributed by atoms with Gasteiger partial charge in [-0.25, -0.2) is 0 Å².